The van der Waals surface area contributed by atoms with Crippen molar-refractivity contribution in [3.63, 3.8) is 0 Å². The number of hydrogen-bond acceptors (Lipinski definition) is 6. The van der Waals surface area contributed by atoms with Crippen molar-refractivity contribution in [3.8, 4) is 0 Å². The van der Waals surface area contributed by atoms with E-state index in [4.69, 9.17) is 0 Å². The van der Waals surface area contributed by atoms with Gasteiger partial charge in [0, 0.05) is 50.2 Å². The maximum atomic E-state index is 12.9. The molecule has 2 aliphatic heterocycles. The molecule has 0 aliphatic carbocycles. The molecule has 0 N–H and O–H groups in total. The van der Waals surface area contributed by atoms with Crippen LogP contribution in [0, 0.1) is 13.8 Å². The normalized spacial score (nSPS) is 20.9. The summed E-state index contributed by atoms with van der Waals surface area (Å²) in [6.45, 7) is 9.15. The molecule has 1 atom stereocenters. The summed E-state index contributed by atoms with van der Waals surface area (Å²) in [5.74, 6) is 0.0676. The van der Waals surface area contributed by atoms with E-state index in [1.165, 1.54) is 4.88 Å². The second kappa shape index (κ2) is 8.28. The van der Waals surface area contributed by atoms with Crippen LogP contribution in [0.3, 0.4) is 0 Å². The molecule has 2 fully saturated rings. The molecule has 0 aromatic carbocycles. The summed E-state index contributed by atoms with van der Waals surface area (Å²) < 4.78 is 1.57. The molecule has 4 rings (SSSR count). The molecule has 7 nitrogen and oxygen atoms in total. The predicted octanol–water partition coefficient (Wildman–Crippen LogP) is 2.15. The summed E-state index contributed by atoms with van der Waals surface area (Å²) in [4.78, 5) is 34.1. The number of nitrogens with zero attached hydrogens (tertiary/aromatic N) is 5. The molecule has 0 spiro atoms. The fourth-order valence-electron chi connectivity index (χ4n) is 4.09. The summed E-state index contributed by atoms with van der Waals surface area (Å²) in [5.41, 5.74) is 1.97. The van der Waals surface area contributed by atoms with E-state index in [9.17, 15) is 9.59 Å². The average Bonchev–Trinajstić information content (AvgIpc) is 3.06. The van der Waals surface area contributed by atoms with Gasteiger partial charge in [0.15, 0.2) is 0 Å². The van der Waals surface area contributed by atoms with Crippen LogP contribution in [0.1, 0.15) is 39.0 Å². The number of piperidine rings is 1. The Morgan fingerprint density at radius 2 is 1.90 bits per heavy atom. The van der Waals surface area contributed by atoms with Gasteiger partial charge in [-0.3, -0.25) is 9.59 Å². The first-order valence-electron chi connectivity index (χ1n) is 10.3. The number of likely N-dealkylation sites (tertiary alicyclic amines) is 1. The zero-order chi connectivity index (χ0) is 20.5. The third kappa shape index (κ3) is 4.23. The van der Waals surface area contributed by atoms with Gasteiger partial charge in [0.1, 0.15) is 0 Å². The van der Waals surface area contributed by atoms with E-state index in [-0.39, 0.29) is 17.5 Å². The van der Waals surface area contributed by atoms with Gasteiger partial charge < -0.3 is 14.7 Å². The van der Waals surface area contributed by atoms with Crippen LogP contribution in [0.4, 0.5) is 5.69 Å². The highest BCUT2D eigenvalue weighted by atomic mass is 32.1. The largest absolute Gasteiger partial charge is 0.368 e. The van der Waals surface area contributed by atoms with Gasteiger partial charge in [-0.25, -0.2) is 4.68 Å². The summed E-state index contributed by atoms with van der Waals surface area (Å²) >= 11 is 1.55. The standard InChI is InChI=1S/C21H29N5O2S/c1-15-11-19(29-16(15)2)21(28)25-6-4-5-17(14-25)26-20(27)12-18(13-22-26)24-9-7-23(3)8-10-24/h11-13,17H,4-10,14H2,1-3H3/t17-/m0/s1. The maximum Gasteiger partial charge on any atom is 0.269 e. The van der Waals surface area contributed by atoms with Gasteiger partial charge in [-0.2, -0.15) is 5.10 Å². The number of carbonyl (C=O) groups is 1. The molecule has 0 radical (unpaired) electrons. The Morgan fingerprint density at radius 1 is 1.14 bits per heavy atom. The van der Waals surface area contributed by atoms with E-state index in [0.29, 0.717) is 6.54 Å². The van der Waals surface area contributed by atoms with Crippen LogP contribution in [0.5, 0.6) is 0 Å². The SMILES string of the molecule is Cc1cc(C(=O)N2CCC[C@H](n3ncc(N4CCN(C)CC4)cc3=O)C2)sc1C. The first-order valence-corrected chi connectivity index (χ1v) is 11.1. The zero-order valence-corrected chi connectivity index (χ0v) is 18.2. The molecular formula is C21H29N5O2S. The minimum Gasteiger partial charge on any atom is -0.368 e. The number of rotatable bonds is 3. The monoisotopic (exact) mass is 415 g/mol. The van der Waals surface area contributed by atoms with Crippen molar-refractivity contribution in [2.24, 2.45) is 0 Å². The van der Waals surface area contributed by atoms with Crippen LogP contribution in [-0.4, -0.2) is 71.8 Å². The summed E-state index contributed by atoms with van der Waals surface area (Å²) in [7, 11) is 2.11. The number of thiophene rings is 1. The summed E-state index contributed by atoms with van der Waals surface area (Å²) in [5, 5.41) is 4.49. The van der Waals surface area contributed by atoms with Crippen LogP contribution in [0.15, 0.2) is 23.1 Å². The topological polar surface area (TPSA) is 61.7 Å². The van der Waals surface area contributed by atoms with E-state index in [1.54, 1.807) is 28.3 Å². The number of aromatic nitrogens is 2. The molecule has 0 saturated carbocycles. The molecule has 8 heteroatoms. The lowest BCUT2D eigenvalue weighted by Gasteiger charge is -2.34. The Hall–Kier alpha value is -2.19. The van der Waals surface area contributed by atoms with Crippen molar-refractivity contribution in [1.82, 2.24) is 19.6 Å². The van der Waals surface area contributed by atoms with Crippen molar-refractivity contribution in [2.75, 3.05) is 51.2 Å². The molecule has 2 aliphatic rings. The predicted molar refractivity (Wildman–Crippen MR) is 116 cm³/mol. The fraction of sp³-hybridized carbons (Fsp3) is 0.571. The molecule has 2 aromatic heterocycles. The number of aryl methyl sites for hydroxylation is 2. The Morgan fingerprint density at radius 3 is 2.55 bits per heavy atom. The molecule has 156 valence electrons. The van der Waals surface area contributed by atoms with Gasteiger partial charge >= 0.3 is 0 Å². The summed E-state index contributed by atoms with van der Waals surface area (Å²) in [6, 6.07) is 3.61. The highest BCUT2D eigenvalue weighted by Gasteiger charge is 2.28. The molecule has 1 amide bonds. The van der Waals surface area contributed by atoms with E-state index < -0.39 is 0 Å². The van der Waals surface area contributed by atoms with Crippen molar-refractivity contribution in [2.45, 2.75) is 32.7 Å². The minimum absolute atomic E-state index is 0.0658. The molecule has 0 unspecified atom stereocenters. The van der Waals surface area contributed by atoms with Gasteiger partial charge in [0.2, 0.25) is 0 Å². The lowest BCUT2D eigenvalue weighted by molar-refractivity contribution is 0.0674. The fourth-order valence-corrected chi connectivity index (χ4v) is 5.10. The Bertz CT molecular complexity index is 925. The summed E-state index contributed by atoms with van der Waals surface area (Å²) in [6.07, 6.45) is 3.56. The quantitative estimate of drug-likeness (QED) is 0.769. The zero-order valence-electron chi connectivity index (χ0n) is 17.4. The van der Waals surface area contributed by atoms with Crippen molar-refractivity contribution >= 4 is 22.9 Å². The number of anilines is 1. The average molecular weight is 416 g/mol. The number of carbonyl (C=O) groups excluding carboxylic acids is 1. The second-order valence-electron chi connectivity index (χ2n) is 8.18. The Balaban J connectivity index is 1.48. The molecule has 0 bridgehead atoms. The van der Waals surface area contributed by atoms with Gasteiger partial charge in [0.25, 0.3) is 11.5 Å². The number of likely N-dealkylation sites (N-methyl/N-ethyl adjacent to an activating group) is 1. The van der Waals surface area contributed by atoms with Crippen LogP contribution in [-0.2, 0) is 0 Å². The van der Waals surface area contributed by atoms with Crippen LogP contribution >= 0.6 is 11.3 Å². The molecule has 29 heavy (non-hydrogen) atoms. The number of hydrogen-bond donors (Lipinski definition) is 0. The van der Waals surface area contributed by atoms with Crippen LogP contribution in [0.25, 0.3) is 0 Å². The molecule has 2 saturated heterocycles. The highest BCUT2D eigenvalue weighted by molar-refractivity contribution is 7.14. The third-order valence-corrected chi connectivity index (χ3v) is 7.23. The number of amides is 1. The lowest BCUT2D eigenvalue weighted by atomic mass is 10.1. The minimum atomic E-state index is -0.0801. The second-order valence-corrected chi connectivity index (χ2v) is 9.44. The van der Waals surface area contributed by atoms with Gasteiger partial charge in [-0.05, 0) is 45.4 Å². The number of piperazine rings is 1. The maximum absolute atomic E-state index is 12.9. The highest BCUT2D eigenvalue weighted by Crippen LogP contribution is 2.26. The first kappa shape index (κ1) is 20.1. The third-order valence-electron chi connectivity index (χ3n) is 6.09. The van der Waals surface area contributed by atoms with E-state index in [0.717, 1.165) is 61.7 Å². The van der Waals surface area contributed by atoms with E-state index >= 15 is 0 Å². The molecular weight excluding hydrogens is 386 g/mol. The van der Waals surface area contributed by atoms with Crippen molar-refractivity contribution in [3.05, 3.63) is 44.0 Å². The van der Waals surface area contributed by atoms with Crippen LogP contribution < -0.4 is 10.5 Å². The van der Waals surface area contributed by atoms with Gasteiger partial charge in [-0.15, -0.1) is 11.3 Å². The van der Waals surface area contributed by atoms with Crippen molar-refractivity contribution in [1.29, 1.82) is 0 Å². The Labute approximate surface area is 175 Å². The molecule has 2 aromatic rings. The van der Waals surface area contributed by atoms with Gasteiger partial charge in [0.05, 0.1) is 22.8 Å². The Kier molecular flexibility index (Phi) is 5.74. The smallest absolute Gasteiger partial charge is 0.269 e. The van der Waals surface area contributed by atoms with Crippen molar-refractivity contribution < 1.29 is 4.79 Å². The van der Waals surface area contributed by atoms with Crippen LogP contribution in [0.2, 0.25) is 0 Å². The van der Waals surface area contributed by atoms with Gasteiger partial charge in [-0.1, -0.05) is 0 Å². The molecule has 4 heterocycles. The van der Waals surface area contributed by atoms with E-state index in [2.05, 4.69) is 21.9 Å². The van der Waals surface area contributed by atoms with E-state index in [1.807, 2.05) is 24.8 Å². The first-order chi connectivity index (χ1) is 13.9. The lowest BCUT2D eigenvalue weighted by Crippen LogP contribution is -2.46.